The smallest absolute Gasteiger partial charge is 0.168 e. The molecule has 0 radical (unpaired) electrons. The van der Waals surface area contributed by atoms with Gasteiger partial charge in [-0.25, -0.2) is 0 Å². The van der Waals surface area contributed by atoms with Crippen molar-refractivity contribution in [3.8, 4) is 0 Å². The number of carbonyl (C=O) groups is 1. The average Bonchev–Trinajstić information content (AvgIpc) is 2.04. The van der Waals surface area contributed by atoms with Crippen LogP contribution < -0.4 is 0 Å². The second-order valence-corrected chi connectivity index (χ2v) is 1.82. The van der Waals surface area contributed by atoms with Crippen molar-refractivity contribution in [2.75, 3.05) is 0 Å². The molecule has 0 aliphatic rings. The molecule has 52 valence electrons. The molecule has 3 nitrogen and oxygen atoms in total. The highest BCUT2D eigenvalue weighted by Crippen LogP contribution is 2.00. The molecular weight excluding hydrogens is 130 g/mol. The predicted octanol–water partition coefficient (Wildman–Crippen LogP) is 0.386. The monoisotopic (exact) mass is 137 g/mol. The van der Waals surface area contributed by atoms with Crippen LogP contribution in [-0.2, 0) is 6.61 Å². The van der Waals surface area contributed by atoms with E-state index in [0.29, 0.717) is 17.5 Å². The Morgan fingerprint density at radius 1 is 1.70 bits per heavy atom. The van der Waals surface area contributed by atoms with E-state index in [1.165, 1.54) is 6.20 Å². The van der Waals surface area contributed by atoms with Gasteiger partial charge in [0.25, 0.3) is 0 Å². The summed E-state index contributed by atoms with van der Waals surface area (Å²) >= 11 is 0. The Bertz CT molecular complexity index is 235. The van der Waals surface area contributed by atoms with E-state index >= 15 is 0 Å². The first-order chi connectivity index (χ1) is 4.88. The van der Waals surface area contributed by atoms with Crippen LogP contribution >= 0.6 is 0 Å². The summed E-state index contributed by atoms with van der Waals surface area (Å²) in [5.41, 5.74) is 0.877. The molecule has 1 rings (SSSR count). The van der Waals surface area contributed by atoms with Gasteiger partial charge in [-0.05, 0) is 6.07 Å². The van der Waals surface area contributed by atoms with Crippen LogP contribution in [0.25, 0.3) is 0 Å². The summed E-state index contributed by atoms with van der Waals surface area (Å²) in [6, 6.07) is 3.34. The van der Waals surface area contributed by atoms with Gasteiger partial charge in [0.1, 0.15) is 5.69 Å². The zero-order valence-electron chi connectivity index (χ0n) is 5.32. The van der Waals surface area contributed by atoms with Crippen LogP contribution in [0.2, 0.25) is 0 Å². The lowest BCUT2D eigenvalue weighted by Crippen LogP contribution is -1.94. The van der Waals surface area contributed by atoms with Crippen molar-refractivity contribution in [1.29, 1.82) is 0 Å². The van der Waals surface area contributed by atoms with Gasteiger partial charge in [-0.1, -0.05) is 6.07 Å². The van der Waals surface area contributed by atoms with E-state index in [1.807, 2.05) is 0 Å². The summed E-state index contributed by atoms with van der Waals surface area (Å²) in [6.45, 7) is -0.137. The lowest BCUT2D eigenvalue weighted by molar-refractivity contribution is 0.111. The lowest BCUT2D eigenvalue weighted by Gasteiger charge is -1.95. The van der Waals surface area contributed by atoms with Crippen LogP contribution in [0.5, 0.6) is 0 Å². The molecule has 1 heterocycles. The first-order valence-corrected chi connectivity index (χ1v) is 2.88. The number of nitrogens with zero attached hydrogens (tertiary/aromatic N) is 1. The first kappa shape index (κ1) is 6.89. The van der Waals surface area contributed by atoms with Crippen molar-refractivity contribution in [2.24, 2.45) is 0 Å². The van der Waals surface area contributed by atoms with E-state index in [1.54, 1.807) is 12.1 Å². The molecule has 0 bridgehead atoms. The van der Waals surface area contributed by atoms with Gasteiger partial charge in [-0.15, -0.1) is 0 Å². The fourth-order valence-corrected chi connectivity index (χ4v) is 0.691. The molecule has 0 saturated heterocycles. The molecule has 1 aromatic heterocycles. The Kier molecular flexibility index (Phi) is 2.12. The maximum atomic E-state index is 10.2. The molecule has 0 spiro atoms. The minimum atomic E-state index is -0.137. The molecule has 10 heavy (non-hydrogen) atoms. The fourth-order valence-electron chi connectivity index (χ4n) is 0.691. The number of aliphatic hydroxyl groups excluding tert-OH is 1. The molecule has 3 heteroatoms. The zero-order valence-corrected chi connectivity index (χ0v) is 5.32. The van der Waals surface area contributed by atoms with Gasteiger partial charge in [0.05, 0.1) is 6.61 Å². The summed E-state index contributed by atoms with van der Waals surface area (Å²) in [5.74, 6) is 0. The standard InChI is InChI=1S/C7H7NO2/c9-4-6-2-1-3-8-7(6)5-10/h1-3,5,9H,4H2. The lowest BCUT2D eigenvalue weighted by atomic mass is 10.2. The highest BCUT2D eigenvalue weighted by Gasteiger charge is 1.97. The summed E-state index contributed by atoms with van der Waals surface area (Å²) in [6.07, 6.45) is 2.15. The number of hydrogen-bond acceptors (Lipinski definition) is 3. The van der Waals surface area contributed by atoms with Crippen LogP contribution in [0.1, 0.15) is 16.1 Å². The minimum Gasteiger partial charge on any atom is -0.392 e. The topological polar surface area (TPSA) is 50.2 Å². The molecule has 0 aliphatic carbocycles. The number of hydrogen-bond donors (Lipinski definition) is 1. The van der Waals surface area contributed by atoms with Crippen LogP contribution in [0, 0.1) is 0 Å². The number of rotatable bonds is 2. The molecule has 0 atom stereocenters. The number of aromatic nitrogens is 1. The maximum Gasteiger partial charge on any atom is 0.168 e. The van der Waals surface area contributed by atoms with Crippen LogP contribution in [-0.4, -0.2) is 16.4 Å². The first-order valence-electron chi connectivity index (χ1n) is 2.88. The molecule has 1 aromatic rings. The molecule has 0 unspecified atom stereocenters. The van der Waals surface area contributed by atoms with Crippen molar-refractivity contribution in [2.45, 2.75) is 6.61 Å². The predicted molar refractivity (Wildman–Crippen MR) is 35.5 cm³/mol. The SMILES string of the molecule is O=Cc1ncccc1CO. The van der Waals surface area contributed by atoms with E-state index < -0.39 is 0 Å². The third-order valence-electron chi connectivity index (χ3n) is 1.21. The Morgan fingerprint density at radius 2 is 2.50 bits per heavy atom. The van der Waals surface area contributed by atoms with Crippen molar-refractivity contribution >= 4 is 6.29 Å². The second kappa shape index (κ2) is 3.08. The van der Waals surface area contributed by atoms with Gasteiger partial charge in [0.15, 0.2) is 6.29 Å². The van der Waals surface area contributed by atoms with Gasteiger partial charge >= 0.3 is 0 Å². The zero-order chi connectivity index (χ0) is 7.40. The van der Waals surface area contributed by atoms with Gasteiger partial charge < -0.3 is 5.11 Å². The summed E-state index contributed by atoms with van der Waals surface area (Å²) in [7, 11) is 0. The largest absolute Gasteiger partial charge is 0.392 e. The highest BCUT2D eigenvalue weighted by atomic mass is 16.3. The number of aldehydes is 1. The molecule has 0 aliphatic heterocycles. The molecule has 0 amide bonds. The van der Waals surface area contributed by atoms with E-state index in [0.717, 1.165) is 0 Å². The molecule has 0 saturated carbocycles. The van der Waals surface area contributed by atoms with Crippen LogP contribution in [0.4, 0.5) is 0 Å². The minimum absolute atomic E-state index is 0.137. The molecule has 0 aromatic carbocycles. The normalized spacial score (nSPS) is 9.30. The van der Waals surface area contributed by atoms with Crippen molar-refractivity contribution in [3.63, 3.8) is 0 Å². The fraction of sp³-hybridized carbons (Fsp3) is 0.143. The summed E-state index contributed by atoms with van der Waals surface area (Å²) < 4.78 is 0. The number of pyridine rings is 1. The Morgan fingerprint density at radius 3 is 3.00 bits per heavy atom. The molecular formula is C7H7NO2. The third kappa shape index (κ3) is 1.19. The van der Waals surface area contributed by atoms with Gasteiger partial charge in [-0.2, -0.15) is 0 Å². The van der Waals surface area contributed by atoms with Gasteiger partial charge in [-0.3, -0.25) is 9.78 Å². The van der Waals surface area contributed by atoms with Crippen molar-refractivity contribution in [1.82, 2.24) is 4.98 Å². The summed E-state index contributed by atoms with van der Waals surface area (Å²) in [5, 5.41) is 8.65. The Labute approximate surface area is 58.3 Å². The van der Waals surface area contributed by atoms with Crippen molar-refractivity contribution < 1.29 is 9.90 Å². The van der Waals surface area contributed by atoms with E-state index in [2.05, 4.69) is 4.98 Å². The van der Waals surface area contributed by atoms with Gasteiger partial charge in [0, 0.05) is 11.8 Å². The Balaban J connectivity index is 3.08. The van der Waals surface area contributed by atoms with Gasteiger partial charge in [0.2, 0.25) is 0 Å². The van der Waals surface area contributed by atoms with E-state index in [-0.39, 0.29) is 6.61 Å². The number of aliphatic hydroxyl groups is 1. The quantitative estimate of drug-likeness (QED) is 0.600. The number of carbonyl (C=O) groups excluding carboxylic acids is 1. The van der Waals surface area contributed by atoms with Crippen LogP contribution in [0.15, 0.2) is 18.3 Å². The molecule has 1 N–H and O–H groups in total. The average molecular weight is 137 g/mol. The van der Waals surface area contributed by atoms with E-state index in [9.17, 15) is 4.79 Å². The summed E-state index contributed by atoms with van der Waals surface area (Å²) in [4.78, 5) is 14.0. The third-order valence-corrected chi connectivity index (χ3v) is 1.21. The maximum absolute atomic E-state index is 10.2. The Hall–Kier alpha value is -1.22. The van der Waals surface area contributed by atoms with E-state index in [4.69, 9.17) is 5.11 Å². The van der Waals surface area contributed by atoms with Crippen molar-refractivity contribution in [3.05, 3.63) is 29.6 Å². The molecule has 0 fully saturated rings. The second-order valence-electron chi connectivity index (χ2n) is 1.82. The van der Waals surface area contributed by atoms with Crippen LogP contribution in [0.3, 0.4) is 0 Å². The highest BCUT2D eigenvalue weighted by molar-refractivity contribution is 5.73.